The average Bonchev–Trinajstić information content (AvgIpc) is 2.84. The molecule has 0 atom stereocenters. The quantitative estimate of drug-likeness (QED) is 0.722. The zero-order valence-electron chi connectivity index (χ0n) is 9.97. The van der Waals surface area contributed by atoms with Crippen molar-refractivity contribution in [3.05, 3.63) is 42.6 Å². The molecule has 0 spiro atoms. The summed E-state index contributed by atoms with van der Waals surface area (Å²) in [5, 5.41) is 2.30. The van der Waals surface area contributed by atoms with Gasteiger partial charge in [-0.1, -0.05) is 18.2 Å². The Bertz CT molecular complexity index is 703. The van der Waals surface area contributed by atoms with E-state index in [4.69, 9.17) is 10.5 Å². The lowest BCUT2D eigenvalue weighted by Crippen LogP contribution is -1.86. The monoisotopic (exact) mass is 239 g/mol. The van der Waals surface area contributed by atoms with E-state index in [1.165, 1.54) is 0 Å². The van der Waals surface area contributed by atoms with Crippen molar-refractivity contribution in [2.45, 2.75) is 0 Å². The van der Waals surface area contributed by atoms with Crippen molar-refractivity contribution in [3.63, 3.8) is 0 Å². The third kappa shape index (κ3) is 1.78. The second-order valence-electron chi connectivity index (χ2n) is 4.11. The molecule has 18 heavy (non-hydrogen) atoms. The minimum absolute atomic E-state index is 0.430. The second kappa shape index (κ2) is 4.07. The molecule has 0 unspecified atom stereocenters. The van der Waals surface area contributed by atoms with Crippen LogP contribution in [0.1, 0.15) is 0 Å². The molecule has 3 rings (SSSR count). The molecule has 0 amide bonds. The van der Waals surface area contributed by atoms with Gasteiger partial charge in [-0.15, -0.1) is 0 Å². The van der Waals surface area contributed by atoms with Crippen LogP contribution in [0.3, 0.4) is 0 Å². The van der Waals surface area contributed by atoms with Crippen molar-refractivity contribution in [2.24, 2.45) is 0 Å². The number of fused-ring (bicyclic) bond motifs is 1. The number of anilines is 1. The molecule has 4 nitrogen and oxygen atoms in total. The number of methoxy groups -OCH3 is 1. The minimum Gasteiger partial charge on any atom is -0.497 e. The van der Waals surface area contributed by atoms with E-state index in [1.807, 2.05) is 24.3 Å². The fourth-order valence-electron chi connectivity index (χ4n) is 2.00. The Morgan fingerprint density at radius 2 is 1.89 bits per heavy atom. The van der Waals surface area contributed by atoms with Crippen LogP contribution in [0.2, 0.25) is 0 Å². The van der Waals surface area contributed by atoms with Crippen molar-refractivity contribution >= 4 is 16.7 Å². The van der Waals surface area contributed by atoms with E-state index in [-0.39, 0.29) is 0 Å². The molecule has 0 saturated carbocycles. The molecule has 0 aliphatic carbocycles. The maximum Gasteiger partial charge on any atom is 0.197 e. The summed E-state index contributed by atoms with van der Waals surface area (Å²) >= 11 is 0. The van der Waals surface area contributed by atoms with Gasteiger partial charge in [-0.25, -0.2) is 4.98 Å². The first-order valence-corrected chi connectivity index (χ1v) is 5.65. The van der Waals surface area contributed by atoms with Gasteiger partial charge in [0.15, 0.2) is 5.95 Å². The molecule has 0 fully saturated rings. The molecule has 0 aliphatic rings. The van der Waals surface area contributed by atoms with Crippen LogP contribution in [0.5, 0.6) is 5.75 Å². The van der Waals surface area contributed by atoms with Crippen LogP contribution < -0.4 is 10.5 Å². The van der Waals surface area contributed by atoms with Gasteiger partial charge in [-0.05, 0) is 29.0 Å². The summed E-state index contributed by atoms with van der Waals surface area (Å²) in [6.07, 6.45) is 1.74. The molecule has 0 bridgehead atoms. The zero-order valence-corrected chi connectivity index (χ0v) is 9.97. The number of ether oxygens (including phenoxy) is 1. The third-order valence-electron chi connectivity index (χ3n) is 2.95. The molecule has 0 saturated heterocycles. The van der Waals surface area contributed by atoms with E-state index < -0.39 is 0 Å². The number of rotatable bonds is 2. The Morgan fingerprint density at radius 1 is 1.11 bits per heavy atom. The standard InChI is InChI=1S/C14H13N3O/c1-18-12-5-4-9-6-11(3-2-10(9)7-12)13-8-16-14(15)17-13/h2-8H,1H3,(H3,15,16,17). The van der Waals surface area contributed by atoms with Crippen LogP contribution in [0.4, 0.5) is 5.95 Å². The lowest BCUT2D eigenvalue weighted by molar-refractivity contribution is 0.415. The topological polar surface area (TPSA) is 63.9 Å². The van der Waals surface area contributed by atoms with E-state index in [1.54, 1.807) is 13.3 Å². The highest BCUT2D eigenvalue weighted by molar-refractivity contribution is 5.88. The first-order valence-electron chi connectivity index (χ1n) is 5.65. The molecule has 3 N–H and O–H groups in total. The van der Waals surface area contributed by atoms with Crippen molar-refractivity contribution in [3.8, 4) is 17.0 Å². The number of nitrogens with two attached hydrogens (primary N) is 1. The lowest BCUT2D eigenvalue weighted by Gasteiger charge is -2.04. The van der Waals surface area contributed by atoms with Gasteiger partial charge in [0, 0.05) is 5.56 Å². The molecule has 1 aromatic heterocycles. The molecule has 90 valence electrons. The van der Waals surface area contributed by atoms with Crippen LogP contribution >= 0.6 is 0 Å². The summed E-state index contributed by atoms with van der Waals surface area (Å²) in [6, 6.07) is 12.2. The maximum absolute atomic E-state index is 5.58. The van der Waals surface area contributed by atoms with Crippen molar-refractivity contribution in [1.82, 2.24) is 9.97 Å². The Hall–Kier alpha value is -2.49. The van der Waals surface area contributed by atoms with Crippen LogP contribution in [-0.4, -0.2) is 17.1 Å². The highest BCUT2D eigenvalue weighted by Gasteiger charge is 2.03. The normalized spacial score (nSPS) is 10.7. The fourth-order valence-corrected chi connectivity index (χ4v) is 2.00. The van der Waals surface area contributed by atoms with E-state index >= 15 is 0 Å². The number of nitrogen functional groups attached to an aromatic ring is 1. The van der Waals surface area contributed by atoms with E-state index in [0.29, 0.717) is 5.95 Å². The predicted molar refractivity (Wildman–Crippen MR) is 72.5 cm³/mol. The van der Waals surface area contributed by atoms with Gasteiger partial charge in [0.05, 0.1) is 19.0 Å². The zero-order chi connectivity index (χ0) is 12.5. The number of hydrogen-bond donors (Lipinski definition) is 2. The lowest BCUT2D eigenvalue weighted by atomic mass is 10.1. The highest BCUT2D eigenvalue weighted by Crippen LogP contribution is 2.26. The first-order chi connectivity index (χ1) is 8.76. The van der Waals surface area contributed by atoms with Gasteiger partial charge in [-0.2, -0.15) is 0 Å². The number of hydrogen-bond acceptors (Lipinski definition) is 3. The summed E-state index contributed by atoms with van der Waals surface area (Å²) < 4.78 is 5.21. The van der Waals surface area contributed by atoms with Gasteiger partial charge < -0.3 is 15.5 Å². The highest BCUT2D eigenvalue weighted by atomic mass is 16.5. The molecule has 0 aliphatic heterocycles. The van der Waals surface area contributed by atoms with Crippen molar-refractivity contribution < 1.29 is 4.74 Å². The summed E-state index contributed by atoms with van der Waals surface area (Å²) in [5.41, 5.74) is 7.57. The van der Waals surface area contributed by atoms with Gasteiger partial charge >= 0.3 is 0 Å². The summed E-state index contributed by atoms with van der Waals surface area (Å²) in [4.78, 5) is 7.02. The summed E-state index contributed by atoms with van der Waals surface area (Å²) in [6.45, 7) is 0. The Labute approximate surface area is 104 Å². The number of nitrogens with one attached hydrogen (secondary N) is 1. The Balaban J connectivity index is 2.11. The Morgan fingerprint density at radius 3 is 2.61 bits per heavy atom. The van der Waals surface area contributed by atoms with Gasteiger partial charge in [0.2, 0.25) is 0 Å². The molecule has 2 aromatic carbocycles. The largest absolute Gasteiger partial charge is 0.497 e. The number of benzene rings is 2. The molecule has 1 heterocycles. The average molecular weight is 239 g/mol. The summed E-state index contributed by atoms with van der Waals surface area (Å²) in [5.74, 6) is 1.29. The van der Waals surface area contributed by atoms with Gasteiger partial charge in [0.1, 0.15) is 5.75 Å². The molecular weight excluding hydrogens is 226 g/mol. The van der Waals surface area contributed by atoms with Crippen molar-refractivity contribution in [1.29, 1.82) is 0 Å². The number of nitrogens with zero attached hydrogens (tertiary/aromatic N) is 1. The van der Waals surface area contributed by atoms with Crippen LogP contribution in [0, 0.1) is 0 Å². The number of aromatic amines is 1. The smallest absolute Gasteiger partial charge is 0.197 e. The predicted octanol–water partition coefficient (Wildman–Crippen LogP) is 2.82. The molecule has 3 aromatic rings. The van der Waals surface area contributed by atoms with Crippen molar-refractivity contribution in [2.75, 3.05) is 12.8 Å². The first kappa shape index (κ1) is 10.7. The van der Waals surface area contributed by atoms with Crippen LogP contribution in [0.25, 0.3) is 22.0 Å². The van der Waals surface area contributed by atoms with Gasteiger partial charge in [-0.3, -0.25) is 0 Å². The van der Waals surface area contributed by atoms with E-state index in [2.05, 4.69) is 22.1 Å². The number of imidazole rings is 1. The van der Waals surface area contributed by atoms with E-state index in [9.17, 15) is 0 Å². The molecule has 4 heteroatoms. The van der Waals surface area contributed by atoms with E-state index in [0.717, 1.165) is 27.8 Å². The van der Waals surface area contributed by atoms with Crippen LogP contribution in [-0.2, 0) is 0 Å². The molecule has 0 radical (unpaired) electrons. The number of aromatic nitrogens is 2. The maximum atomic E-state index is 5.58. The SMILES string of the molecule is COc1ccc2cc(-c3cnc(N)[nH]3)ccc2c1. The van der Waals surface area contributed by atoms with Crippen LogP contribution in [0.15, 0.2) is 42.6 Å². The second-order valence-corrected chi connectivity index (χ2v) is 4.11. The molecular formula is C14H13N3O. The Kier molecular flexibility index (Phi) is 2.41. The third-order valence-corrected chi connectivity index (χ3v) is 2.95. The summed E-state index contributed by atoms with van der Waals surface area (Å²) in [7, 11) is 1.67. The van der Waals surface area contributed by atoms with Gasteiger partial charge in [0.25, 0.3) is 0 Å². The number of H-pyrrole nitrogens is 1. The fraction of sp³-hybridized carbons (Fsp3) is 0.0714. The minimum atomic E-state index is 0.430.